The Kier molecular flexibility index (Phi) is 4.58. The number of hydrogen-bond acceptors (Lipinski definition) is 4. The van der Waals surface area contributed by atoms with Gasteiger partial charge in [0, 0.05) is 23.0 Å². The summed E-state index contributed by atoms with van der Waals surface area (Å²) in [6.45, 7) is 3.94. The van der Waals surface area contributed by atoms with Gasteiger partial charge in [0.05, 0.1) is 6.04 Å². The van der Waals surface area contributed by atoms with Crippen molar-refractivity contribution >= 4 is 17.2 Å². The van der Waals surface area contributed by atoms with E-state index in [1.54, 1.807) is 11.3 Å². The maximum Gasteiger partial charge on any atom is 0.222 e. The highest BCUT2D eigenvalue weighted by Gasteiger charge is 2.30. The van der Waals surface area contributed by atoms with Crippen LogP contribution in [0.5, 0.6) is 0 Å². The lowest BCUT2D eigenvalue weighted by Gasteiger charge is -2.33. The standard InChI is InChI=1S/C14H23N3OS/c1-10-9-19-13(16-10)11(2)17-12(18)8-14(15)6-4-3-5-7-14/h9,11H,3-8,15H2,1-2H3,(H,17,18). The first-order chi connectivity index (χ1) is 8.98. The third-order valence-corrected chi connectivity index (χ3v) is 4.89. The Morgan fingerprint density at radius 1 is 1.53 bits per heavy atom. The van der Waals surface area contributed by atoms with E-state index in [1.807, 2.05) is 19.2 Å². The zero-order valence-electron chi connectivity index (χ0n) is 11.7. The second kappa shape index (κ2) is 6.01. The second-order valence-corrected chi connectivity index (χ2v) is 6.61. The Balaban J connectivity index is 1.87. The minimum atomic E-state index is -0.291. The fraction of sp³-hybridized carbons (Fsp3) is 0.714. The van der Waals surface area contributed by atoms with Crippen molar-refractivity contribution in [2.24, 2.45) is 5.73 Å². The van der Waals surface area contributed by atoms with Gasteiger partial charge in [0.15, 0.2) is 0 Å². The quantitative estimate of drug-likeness (QED) is 0.891. The van der Waals surface area contributed by atoms with Gasteiger partial charge in [-0.15, -0.1) is 11.3 Å². The molecule has 1 aliphatic carbocycles. The largest absolute Gasteiger partial charge is 0.347 e. The minimum Gasteiger partial charge on any atom is -0.347 e. The third kappa shape index (κ3) is 4.01. The first kappa shape index (κ1) is 14.5. The molecule has 1 aromatic heterocycles. The summed E-state index contributed by atoms with van der Waals surface area (Å²) < 4.78 is 0. The number of nitrogens with one attached hydrogen (secondary N) is 1. The maximum absolute atomic E-state index is 12.1. The summed E-state index contributed by atoms with van der Waals surface area (Å²) in [7, 11) is 0. The molecule has 0 bridgehead atoms. The molecular formula is C14H23N3OS. The van der Waals surface area contributed by atoms with Crippen molar-refractivity contribution in [2.45, 2.75) is 64.0 Å². The van der Waals surface area contributed by atoms with Crippen LogP contribution >= 0.6 is 11.3 Å². The zero-order valence-corrected chi connectivity index (χ0v) is 12.6. The van der Waals surface area contributed by atoms with Crippen molar-refractivity contribution in [3.05, 3.63) is 16.1 Å². The van der Waals surface area contributed by atoms with Crippen LogP contribution in [0.1, 0.15) is 62.2 Å². The van der Waals surface area contributed by atoms with E-state index >= 15 is 0 Å². The van der Waals surface area contributed by atoms with Crippen LogP contribution in [0.4, 0.5) is 0 Å². The lowest BCUT2D eigenvalue weighted by Crippen LogP contribution is -2.46. The van der Waals surface area contributed by atoms with Crippen LogP contribution in [-0.4, -0.2) is 16.4 Å². The molecule has 0 aliphatic heterocycles. The Bertz CT molecular complexity index is 438. The van der Waals surface area contributed by atoms with E-state index in [0.29, 0.717) is 6.42 Å². The number of thiazole rings is 1. The molecule has 3 N–H and O–H groups in total. The highest BCUT2D eigenvalue weighted by molar-refractivity contribution is 7.09. The number of nitrogens with zero attached hydrogens (tertiary/aromatic N) is 1. The highest BCUT2D eigenvalue weighted by Crippen LogP contribution is 2.29. The Morgan fingerprint density at radius 3 is 2.79 bits per heavy atom. The Morgan fingerprint density at radius 2 is 2.21 bits per heavy atom. The summed E-state index contributed by atoms with van der Waals surface area (Å²) in [5.41, 5.74) is 7.02. The topological polar surface area (TPSA) is 68.0 Å². The van der Waals surface area contributed by atoms with Crippen molar-refractivity contribution < 1.29 is 4.79 Å². The van der Waals surface area contributed by atoms with Crippen molar-refractivity contribution in [1.29, 1.82) is 0 Å². The molecule has 1 aromatic rings. The van der Waals surface area contributed by atoms with Crippen molar-refractivity contribution in [3.63, 3.8) is 0 Å². The molecule has 4 nitrogen and oxygen atoms in total. The van der Waals surface area contributed by atoms with Crippen LogP contribution in [0.3, 0.4) is 0 Å². The highest BCUT2D eigenvalue weighted by atomic mass is 32.1. The number of hydrogen-bond donors (Lipinski definition) is 2. The molecule has 19 heavy (non-hydrogen) atoms. The van der Waals surface area contributed by atoms with E-state index in [0.717, 1.165) is 36.4 Å². The van der Waals surface area contributed by atoms with E-state index in [-0.39, 0.29) is 17.5 Å². The number of aryl methyl sites for hydroxylation is 1. The van der Waals surface area contributed by atoms with Gasteiger partial charge in [0.25, 0.3) is 0 Å². The van der Waals surface area contributed by atoms with Gasteiger partial charge in [-0.3, -0.25) is 4.79 Å². The van der Waals surface area contributed by atoms with Crippen molar-refractivity contribution in [3.8, 4) is 0 Å². The third-order valence-electron chi connectivity index (χ3n) is 3.75. The summed E-state index contributed by atoms with van der Waals surface area (Å²) in [5, 5.41) is 5.97. The monoisotopic (exact) mass is 281 g/mol. The molecule has 106 valence electrons. The molecule has 1 heterocycles. The molecular weight excluding hydrogens is 258 g/mol. The van der Waals surface area contributed by atoms with Gasteiger partial charge in [-0.05, 0) is 26.7 Å². The summed E-state index contributed by atoms with van der Waals surface area (Å²) in [5.74, 6) is 0.0461. The van der Waals surface area contributed by atoms with Gasteiger partial charge in [-0.2, -0.15) is 0 Å². The minimum absolute atomic E-state index is 0.0293. The molecule has 1 fully saturated rings. The molecule has 5 heteroatoms. The molecule has 1 atom stereocenters. The molecule has 1 unspecified atom stereocenters. The lowest BCUT2D eigenvalue weighted by molar-refractivity contribution is -0.123. The number of carbonyl (C=O) groups excluding carboxylic acids is 1. The number of aromatic nitrogens is 1. The number of rotatable bonds is 4. The van der Waals surface area contributed by atoms with E-state index < -0.39 is 0 Å². The molecule has 1 amide bonds. The summed E-state index contributed by atoms with van der Waals surface area (Å²) >= 11 is 1.59. The Labute approximate surface area is 118 Å². The average molecular weight is 281 g/mol. The predicted octanol–water partition coefficient (Wildman–Crippen LogP) is 2.68. The van der Waals surface area contributed by atoms with Gasteiger partial charge < -0.3 is 11.1 Å². The summed E-state index contributed by atoms with van der Waals surface area (Å²) in [6, 6.07) is -0.0293. The molecule has 0 saturated heterocycles. The fourth-order valence-electron chi connectivity index (χ4n) is 2.68. The van der Waals surface area contributed by atoms with Crippen LogP contribution in [0.15, 0.2) is 5.38 Å². The molecule has 1 aliphatic rings. The van der Waals surface area contributed by atoms with Gasteiger partial charge in [0.1, 0.15) is 5.01 Å². The van der Waals surface area contributed by atoms with Crippen LogP contribution in [0.25, 0.3) is 0 Å². The van der Waals surface area contributed by atoms with Gasteiger partial charge in [0.2, 0.25) is 5.91 Å². The first-order valence-corrected chi connectivity index (χ1v) is 7.87. The number of nitrogens with two attached hydrogens (primary N) is 1. The van der Waals surface area contributed by atoms with Crippen LogP contribution in [0.2, 0.25) is 0 Å². The average Bonchev–Trinajstić information content (AvgIpc) is 2.76. The van der Waals surface area contributed by atoms with E-state index in [9.17, 15) is 4.79 Å². The van der Waals surface area contributed by atoms with Gasteiger partial charge in [-0.1, -0.05) is 19.3 Å². The molecule has 0 spiro atoms. The Hall–Kier alpha value is -0.940. The predicted molar refractivity (Wildman–Crippen MR) is 78.0 cm³/mol. The molecule has 0 radical (unpaired) electrons. The normalized spacial score (nSPS) is 19.9. The van der Waals surface area contributed by atoms with Gasteiger partial charge in [-0.25, -0.2) is 4.98 Å². The van der Waals surface area contributed by atoms with Crippen molar-refractivity contribution in [2.75, 3.05) is 0 Å². The SMILES string of the molecule is Cc1csc(C(C)NC(=O)CC2(N)CCCCC2)n1. The maximum atomic E-state index is 12.1. The molecule has 2 rings (SSSR count). The summed E-state index contributed by atoms with van der Waals surface area (Å²) in [6.07, 6.45) is 5.89. The lowest BCUT2D eigenvalue weighted by atomic mass is 9.80. The van der Waals surface area contributed by atoms with E-state index in [1.165, 1.54) is 6.42 Å². The van der Waals surface area contributed by atoms with Gasteiger partial charge >= 0.3 is 0 Å². The molecule has 1 saturated carbocycles. The van der Waals surface area contributed by atoms with Crippen LogP contribution < -0.4 is 11.1 Å². The first-order valence-electron chi connectivity index (χ1n) is 6.99. The second-order valence-electron chi connectivity index (χ2n) is 5.72. The van der Waals surface area contributed by atoms with E-state index in [2.05, 4.69) is 10.3 Å². The summed E-state index contributed by atoms with van der Waals surface area (Å²) in [4.78, 5) is 16.5. The fourth-order valence-corrected chi connectivity index (χ4v) is 3.48. The van der Waals surface area contributed by atoms with Crippen molar-refractivity contribution in [1.82, 2.24) is 10.3 Å². The number of amides is 1. The van der Waals surface area contributed by atoms with Crippen LogP contribution in [-0.2, 0) is 4.79 Å². The smallest absolute Gasteiger partial charge is 0.222 e. The van der Waals surface area contributed by atoms with Crippen LogP contribution in [0, 0.1) is 6.92 Å². The molecule has 0 aromatic carbocycles. The zero-order chi connectivity index (χ0) is 13.9. The number of carbonyl (C=O) groups is 1. The van der Waals surface area contributed by atoms with E-state index in [4.69, 9.17) is 5.73 Å².